The van der Waals surface area contributed by atoms with E-state index in [1.54, 1.807) is 48.5 Å². The summed E-state index contributed by atoms with van der Waals surface area (Å²) >= 11 is 0. The fraction of sp³-hybridized carbons (Fsp3) is 0.136. The van der Waals surface area contributed by atoms with Gasteiger partial charge in [0.15, 0.2) is 0 Å². The fourth-order valence-corrected chi connectivity index (χ4v) is 3.64. The number of para-hydroxylation sites is 3. The molecule has 30 heavy (non-hydrogen) atoms. The lowest BCUT2D eigenvalue weighted by molar-refractivity contribution is -0.114. The molecule has 3 rings (SSSR count). The highest BCUT2D eigenvalue weighted by atomic mass is 32.2. The van der Waals surface area contributed by atoms with Gasteiger partial charge in [-0.2, -0.15) is 0 Å². The number of rotatable bonds is 8. The molecular weight excluding hydrogens is 404 g/mol. The van der Waals surface area contributed by atoms with Gasteiger partial charge in [-0.25, -0.2) is 8.42 Å². The Morgan fingerprint density at radius 3 is 2.13 bits per heavy atom. The predicted octanol–water partition coefficient (Wildman–Crippen LogP) is 3.89. The Kier molecular flexibility index (Phi) is 6.58. The summed E-state index contributed by atoms with van der Waals surface area (Å²) in [6.07, 6.45) is 1.04. The maximum Gasteiger partial charge on any atom is 0.245 e. The Balaban J connectivity index is 1.70. The van der Waals surface area contributed by atoms with Crippen LogP contribution in [0.2, 0.25) is 0 Å². The number of sulfonamides is 1. The number of nitrogens with zero attached hydrogens (tertiary/aromatic N) is 1. The molecule has 3 aromatic rings. The Morgan fingerprint density at radius 2 is 1.50 bits per heavy atom. The Labute approximate surface area is 175 Å². The lowest BCUT2D eigenvalue weighted by Crippen LogP contribution is -2.37. The molecule has 0 saturated carbocycles. The molecule has 0 radical (unpaired) electrons. The second kappa shape index (κ2) is 9.32. The molecule has 0 bridgehead atoms. The van der Waals surface area contributed by atoms with E-state index in [1.165, 1.54) is 7.11 Å². The minimum absolute atomic E-state index is 0.296. The molecule has 0 unspecified atom stereocenters. The van der Waals surface area contributed by atoms with Crippen LogP contribution >= 0.6 is 0 Å². The summed E-state index contributed by atoms with van der Waals surface area (Å²) in [5.74, 6) is 1.20. The van der Waals surface area contributed by atoms with E-state index in [0.717, 1.165) is 10.6 Å². The average Bonchev–Trinajstić information content (AvgIpc) is 2.73. The third kappa shape index (κ3) is 5.51. The van der Waals surface area contributed by atoms with Crippen molar-refractivity contribution < 1.29 is 22.7 Å². The van der Waals surface area contributed by atoms with Crippen molar-refractivity contribution in [3.05, 3.63) is 78.9 Å². The van der Waals surface area contributed by atoms with Crippen molar-refractivity contribution in [3.8, 4) is 17.2 Å². The van der Waals surface area contributed by atoms with Crippen LogP contribution < -0.4 is 19.1 Å². The largest absolute Gasteiger partial charge is 0.495 e. The molecule has 0 heterocycles. The van der Waals surface area contributed by atoms with Crippen LogP contribution in [0.5, 0.6) is 17.2 Å². The van der Waals surface area contributed by atoms with Crippen molar-refractivity contribution in [2.75, 3.05) is 29.5 Å². The van der Waals surface area contributed by atoms with Crippen LogP contribution in [0, 0.1) is 0 Å². The maximum atomic E-state index is 12.5. The summed E-state index contributed by atoms with van der Waals surface area (Å²) in [4.78, 5) is 12.5. The molecule has 1 N–H and O–H groups in total. The van der Waals surface area contributed by atoms with Crippen LogP contribution in [-0.2, 0) is 14.8 Å². The molecule has 3 aromatic carbocycles. The standard InChI is InChI=1S/C22H22N2O5S/c1-28-21-11-7-6-10-20(21)24(30(2,26)27)16-22(25)23-17-12-14-19(15-13-17)29-18-8-4-3-5-9-18/h3-15H,16H2,1-2H3,(H,23,25). The van der Waals surface area contributed by atoms with Gasteiger partial charge in [-0.3, -0.25) is 9.10 Å². The summed E-state index contributed by atoms with van der Waals surface area (Å²) in [5.41, 5.74) is 0.818. The Hall–Kier alpha value is -3.52. The first-order valence-electron chi connectivity index (χ1n) is 9.10. The summed E-state index contributed by atoms with van der Waals surface area (Å²) in [6.45, 7) is -0.387. The van der Waals surface area contributed by atoms with Gasteiger partial charge in [0.25, 0.3) is 0 Å². The molecule has 0 aliphatic heterocycles. The zero-order chi connectivity index (χ0) is 21.6. The van der Waals surface area contributed by atoms with Crippen LogP contribution in [0.25, 0.3) is 0 Å². The normalized spacial score (nSPS) is 10.9. The number of benzene rings is 3. The number of ether oxygens (including phenoxy) is 2. The van der Waals surface area contributed by atoms with Crippen molar-refractivity contribution in [1.82, 2.24) is 0 Å². The second-order valence-corrected chi connectivity index (χ2v) is 8.34. The molecule has 0 saturated heterocycles. The van der Waals surface area contributed by atoms with Gasteiger partial charge in [0.1, 0.15) is 23.8 Å². The second-order valence-electron chi connectivity index (χ2n) is 6.43. The molecule has 7 nitrogen and oxygen atoms in total. The van der Waals surface area contributed by atoms with Crippen LogP contribution in [0.1, 0.15) is 0 Å². The molecule has 1 amide bonds. The minimum atomic E-state index is -3.71. The first-order valence-corrected chi connectivity index (χ1v) is 11.0. The molecule has 0 aromatic heterocycles. The number of hydrogen-bond acceptors (Lipinski definition) is 5. The van der Waals surface area contributed by atoms with Crippen molar-refractivity contribution in [2.45, 2.75) is 0 Å². The van der Waals surface area contributed by atoms with E-state index in [1.807, 2.05) is 30.3 Å². The number of amides is 1. The topological polar surface area (TPSA) is 84.9 Å². The van der Waals surface area contributed by atoms with E-state index < -0.39 is 15.9 Å². The van der Waals surface area contributed by atoms with Gasteiger partial charge in [0.05, 0.1) is 19.1 Å². The highest BCUT2D eigenvalue weighted by Gasteiger charge is 2.23. The van der Waals surface area contributed by atoms with Gasteiger partial charge >= 0.3 is 0 Å². The molecule has 8 heteroatoms. The van der Waals surface area contributed by atoms with Gasteiger partial charge in [-0.15, -0.1) is 0 Å². The van der Waals surface area contributed by atoms with Crippen LogP contribution in [0.15, 0.2) is 78.9 Å². The van der Waals surface area contributed by atoms with Gasteiger partial charge in [0, 0.05) is 5.69 Å². The molecule has 0 spiro atoms. The lowest BCUT2D eigenvalue weighted by atomic mass is 10.3. The van der Waals surface area contributed by atoms with Gasteiger partial charge < -0.3 is 14.8 Å². The summed E-state index contributed by atoms with van der Waals surface area (Å²) in [6, 6.07) is 22.8. The number of hydrogen-bond donors (Lipinski definition) is 1. The molecular formula is C22H22N2O5S. The van der Waals surface area contributed by atoms with E-state index in [9.17, 15) is 13.2 Å². The lowest BCUT2D eigenvalue weighted by Gasteiger charge is -2.23. The van der Waals surface area contributed by atoms with E-state index in [4.69, 9.17) is 9.47 Å². The molecule has 0 atom stereocenters. The van der Waals surface area contributed by atoms with E-state index in [0.29, 0.717) is 28.6 Å². The van der Waals surface area contributed by atoms with Gasteiger partial charge in [0.2, 0.25) is 15.9 Å². The predicted molar refractivity (Wildman–Crippen MR) is 117 cm³/mol. The number of carbonyl (C=O) groups excluding carboxylic acids is 1. The highest BCUT2D eigenvalue weighted by molar-refractivity contribution is 7.92. The molecule has 0 aliphatic rings. The van der Waals surface area contributed by atoms with E-state index in [-0.39, 0.29) is 6.54 Å². The first-order chi connectivity index (χ1) is 14.4. The maximum absolute atomic E-state index is 12.5. The quantitative estimate of drug-likeness (QED) is 0.591. The molecule has 0 fully saturated rings. The van der Waals surface area contributed by atoms with Crippen LogP contribution in [-0.4, -0.2) is 34.2 Å². The van der Waals surface area contributed by atoms with Gasteiger partial charge in [-0.1, -0.05) is 30.3 Å². The zero-order valence-corrected chi connectivity index (χ0v) is 17.4. The van der Waals surface area contributed by atoms with Gasteiger partial charge in [-0.05, 0) is 48.5 Å². The smallest absolute Gasteiger partial charge is 0.245 e. The number of methoxy groups -OCH3 is 1. The monoisotopic (exact) mass is 426 g/mol. The van der Waals surface area contributed by atoms with E-state index >= 15 is 0 Å². The summed E-state index contributed by atoms with van der Waals surface area (Å²) in [5, 5.41) is 2.70. The van der Waals surface area contributed by atoms with Crippen molar-refractivity contribution in [1.29, 1.82) is 0 Å². The third-order valence-electron chi connectivity index (χ3n) is 4.16. The number of carbonyl (C=O) groups is 1. The van der Waals surface area contributed by atoms with Crippen molar-refractivity contribution in [2.24, 2.45) is 0 Å². The zero-order valence-electron chi connectivity index (χ0n) is 16.6. The summed E-state index contributed by atoms with van der Waals surface area (Å²) < 4.78 is 36.5. The molecule has 156 valence electrons. The van der Waals surface area contributed by atoms with Crippen LogP contribution in [0.3, 0.4) is 0 Å². The number of nitrogens with one attached hydrogen (secondary N) is 1. The SMILES string of the molecule is COc1ccccc1N(CC(=O)Nc1ccc(Oc2ccccc2)cc1)S(C)(=O)=O. The third-order valence-corrected chi connectivity index (χ3v) is 5.28. The van der Waals surface area contributed by atoms with E-state index in [2.05, 4.69) is 5.32 Å². The Bertz CT molecular complexity index is 1100. The summed E-state index contributed by atoms with van der Waals surface area (Å²) in [7, 11) is -2.26. The van der Waals surface area contributed by atoms with Crippen molar-refractivity contribution in [3.63, 3.8) is 0 Å². The minimum Gasteiger partial charge on any atom is -0.495 e. The first kappa shape index (κ1) is 21.2. The highest BCUT2D eigenvalue weighted by Crippen LogP contribution is 2.29. The average molecular weight is 426 g/mol. The number of anilines is 2. The van der Waals surface area contributed by atoms with Crippen molar-refractivity contribution >= 4 is 27.3 Å². The van der Waals surface area contributed by atoms with Crippen LogP contribution in [0.4, 0.5) is 11.4 Å². The molecule has 0 aliphatic carbocycles. The fourth-order valence-electron chi connectivity index (χ4n) is 2.78. The Morgan fingerprint density at radius 1 is 0.900 bits per heavy atom.